The van der Waals surface area contributed by atoms with Crippen LogP contribution in [-0.2, 0) is 11.3 Å². The molecule has 0 bridgehead atoms. The summed E-state index contributed by atoms with van der Waals surface area (Å²) in [6.07, 6.45) is -1.72. The molecule has 0 radical (unpaired) electrons. The summed E-state index contributed by atoms with van der Waals surface area (Å²) >= 11 is 3.00. The van der Waals surface area contributed by atoms with Gasteiger partial charge in [-0.1, -0.05) is 0 Å². The molecule has 7 heteroatoms. The second kappa shape index (κ2) is 5.32. The maximum atomic E-state index is 12.2. The molecular weight excluding hydrogens is 274 g/mol. The molecule has 0 saturated carbocycles. The highest BCUT2D eigenvalue weighted by atomic mass is 79.9. The predicted octanol–water partition coefficient (Wildman–Crippen LogP) is 1.74. The summed E-state index contributed by atoms with van der Waals surface area (Å²) in [6, 6.07) is 0. The van der Waals surface area contributed by atoms with Crippen LogP contribution in [0.25, 0.3) is 0 Å². The third-order valence-corrected chi connectivity index (χ3v) is 2.31. The molecule has 84 valence electrons. The Labute approximate surface area is 93.3 Å². The van der Waals surface area contributed by atoms with Crippen molar-refractivity contribution in [2.75, 3.05) is 13.7 Å². The van der Waals surface area contributed by atoms with Gasteiger partial charge in [0.25, 0.3) is 0 Å². The van der Waals surface area contributed by atoms with E-state index in [-0.39, 0.29) is 16.7 Å². The van der Waals surface area contributed by atoms with E-state index in [0.717, 1.165) is 0 Å². The van der Waals surface area contributed by atoms with Gasteiger partial charge in [0.05, 0.1) is 23.8 Å². The lowest BCUT2D eigenvalue weighted by atomic mass is 10.3. The fourth-order valence-corrected chi connectivity index (χ4v) is 1.55. The van der Waals surface area contributed by atoms with Crippen LogP contribution in [0.15, 0.2) is 10.7 Å². The summed E-state index contributed by atoms with van der Waals surface area (Å²) in [7, 11) is 1.48. The third-order valence-electron chi connectivity index (χ3n) is 1.73. The summed E-state index contributed by atoms with van der Waals surface area (Å²) < 4.78 is 30.7. The molecule has 0 atom stereocenters. The lowest BCUT2D eigenvalue weighted by Crippen LogP contribution is -2.19. The number of rotatable bonds is 5. The molecule has 0 aliphatic rings. The predicted molar refractivity (Wildman–Crippen MR) is 52.1 cm³/mol. The van der Waals surface area contributed by atoms with Crippen LogP contribution in [0.1, 0.15) is 10.5 Å². The van der Waals surface area contributed by atoms with Crippen LogP contribution in [0.4, 0.5) is 8.78 Å². The van der Waals surface area contributed by atoms with E-state index in [1.807, 2.05) is 0 Å². The van der Waals surface area contributed by atoms with E-state index < -0.39 is 12.2 Å². The minimum Gasteiger partial charge on any atom is -0.383 e. The van der Waals surface area contributed by atoms with Crippen molar-refractivity contribution in [1.29, 1.82) is 0 Å². The summed E-state index contributed by atoms with van der Waals surface area (Å²) in [6.45, 7) is 0.563. The molecule has 1 aromatic heterocycles. The Balaban J connectivity index is 2.93. The largest absolute Gasteiger partial charge is 0.383 e. The van der Waals surface area contributed by atoms with Gasteiger partial charge >= 0.3 is 6.43 Å². The number of hydrogen-bond acceptors (Lipinski definition) is 3. The van der Waals surface area contributed by atoms with E-state index in [1.54, 1.807) is 0 Å². The zero-order valence-electron chi connectivity index (χ0n) is 7.91. The van der Waals surface area contributed by atoms with Gasteiger partial charge in [0.1, 0.15) is 5.69 Å². The first-order valence-corrected chi connectivity index (χ1v) is 4.89. The highest BCUT2D eigenvalue weighted by Gasteiger charge is 2.24. The van der Waals surface area contributed by atoms with Crippen LogP contribution < -0.4 is 0 Å². The van der Waals surface area contributed by atoms with Crippen LogP contribution in [0.2, 0.25) is 0 Å². The van der Waals surface area contributed by atoms with Gasteiger partial charge in [0.15, 0.2) is 0 Å². The minimum absolute atomic E-state index is 0.123. The Bertz CT molecular complexity index is 354. The van der Waals surface area contributed by atoms with Crippen molar-refractivity contribution in [2.24, 2.45) is 0 Å². The van der Waals surface area contributed by atoms with Gasteiger partial charge in [-0.05, 0) is 15.9 Å². The number of nitrogens with zero attached hydrogens (tertiary/aromatic N) is 2. The van der Waals surface area contributed by atoms with Gasteiger partial charge < -0.3 is 4.74 Å². The van der Waals surface area contributed by atoms with Gasteiger partial charge in [-0.15, -0.1) is 0 Å². The maximum absolute atomic E-state index is 12.2. The van der Waals surface area contributed by atoms with Crippen molar-refractivity contribution in [3.05, 3.63) is 16.4 Å². The number of hydrogen-bond donors (Lipinski definition) is 0. The molecule has 0 aromatic carbocycles. The van der Waals surface area contributed by atoms with E-state index >= 15 is 0 Å². The van der Waals surface area contributed by atoms with Crippen molar-refractivity contribution < 1.29 is 18.3 Å². The first-order valence-electron chi connectivity index (χ1n) is 4.10. The Morgan fingerprint density at radius 2 is 2.40 bits per heavy atom. The van der Waals surface area contributed by atoms with E-state index in [4.69, 9.17) is 4.74 Å². The number of carbonyl (C=O) groups excluding carboxylic acids is 1. The van der Waals surface area contributed by atoms with Crippen molar-refractivity contribution in [3.8, 4) is 0 Å². The molecule has 0 saturated heterocycles. The molecule has 0 amide bonds. The van der Waals surface area contributed by atoms with Gasteiger partial charge in [-0.2, -0.15) is 5.10 Å². The van der Waals surface area contributed by atoms with Crippen LogP contribution in [0, 0.1) is 0 Å². The lowest BCUT2D eigenvalue weighted by molar-refractivity contribution is 0.0663. The molecule has 0 N–H and O–H groups in total. The molecule has 0 fully saturated rings. The van der Waals surface area contributed by atoms with E-state index in [1.165, 1.54) is 18.0 Å². The number of Topliss-reactive ketones (excluding diaryl/α,β-unsaturated/α-hetero) is 1. The summed E-state index contributed by atoms with van der Waals surface area (Å²) in [5.41, 5.74) is -0.123. The molecule has 0 aliphatic carbocycles. The monoisotopic (exact) mass is 282 g/mol. The third kappa shape index (κ3) is 2.82. The average Bonchev–Trinajstić information content (AvgIpc) is 2.55. The quantitative estimate of drug-likeness (QED) is 0.773. The fourth-order valence-electron chi connectivity index (χ4n) is 1.06. The topological polar surface area (TPSA) is 44.1 Å². The molecule has 0 aliphatic heterocycles. The SMILES string of the molecule is COCCn1ncc(Br)c1C(=O)C(F)F. The lowest BCUT2D eigenvalue weighted by Gasteiger charge is -2.05. The standard InChI is InChI=1S/C8H9BrF2N2O2/c1-15-3-2-13-6(5(9)4-12-13)7(14)8(10)11/h4,8H,2-3H2,1H3. The van der Waals surface area contributed by atoms with Crippen LogP contribution in [0.5, 0.6) is 0 Å². The van der Waals surface area contributed by atoms with Crippen LogP contribution >= 0.6 is 15.9 Å². The molecule has 1 aromatic rings. The smallest absolute Gasteiger partial charge is 0.302 e. The van der Waals surface area contributed by atoms with Gasteiger partial charge in [0.2, 0.25) is 5.78 Å². The molecule has 0 spiro atoms. The molecule has 0 unspecified atom stereocenters. The molecular formula is C8H9BrF2N2O2. The number of aromatic nitrogens is 2. The van der Waals surface area contributed by atoms with Crippen LogP contribution in [0.3, 0.4) is 0 Å². The second-order valence-electron chi connectivity index (χ2n) is 2.72. The Hall–Kier alpha value is -0.820. The van der Waals surface area contributed by atoms with E-state index in [2.05, 4.69) is 21.0 Å². The van der Waals surface area contributed by atoms with Gasteiger partial charge in [-0.25, -0.2) is 8.78 Å². The molecule has 1 heterocycles. The number of alkyl halides is 2. The van der Waals surface area contributed by atoms with Gasteiger partial charge in [0, 0.05) is 7.11 Å². The average molecular weight is 283 g/mol. The van der Waals surface area contributed by atoms with E-state index in [9.17, 15) is 13.6 Å². The number of ketones is 1. The van der Waals surface area contributed by atoms with Crippen molar-refractivity contribution >= 4 is 21.7 Å². The highest BCUT2D eigenvalue weighted by Crippen LogP contribution is 2.19. The Morgan fingerprint density at radius 3 is 2.93 bits per heavy atom. The molecule has 15 heavy (non-hydrogen) atoms. The summed E-state index contributed by atoms with van der Waals surface area (Å²) in [5.74, 6) is -1.24. The maximum Gasteiger partial charge on any atom is 0.302 e. The number of methoxy groups -OCH3 is 1. The fraction of sp³-hybridized carbons (Fsp3) is 0.500. The van der Waals surface area contributed by atoms with Crippen molar-refractivity contribution in [2.45, 2.75) is 13.0 Å². The van der Waals surface area contributed by atoms with Crippen molar-refractivity contribution in [3.63, 3.8) is 0 Å². The summed E-state index contributed by atoms with van der Waals surface area (Å²) in [4.78, 5) is 11.1. The zero-order chi connectivity index (χ0) is 11.4. The minimum atomic E-state index is -3.03. The zero-order valence-corrected chi connectivity index (χ0v) is 9.50. The second-order valence-corrected chi connectivity index (χ2v) is 3.58. The first kappa shape index (κ1) is 12.3. The first-order chi connectivity index (χ1) is 7.07. The normalized spacial score (nSPS) is 11.0. The summed E-state index contributed by atoms with van der Waals surface area (Å²) in [5, 5.41) is 3.79. The molecule has 4 nitrogen and oxygen atoms in total. The van der Waals surface area contributed by atoms with Gasteiger partial charge in [-0.3, -0.25) is 9.48 Å². The number of carbonyl (C=O) groups is 1. The highest BCUT2D eigenvalue weighted by molar-refractivity contribution is 9.10. The number of ether oxygens (including phenoxy) is 1. The molecule has 1 rings (SSSR count). The Morgan fingerprint density at radius 1 is 1.73 bits per heavy atom. The van der Waals surface area contributed by atoms with E-state index in [0.29, 0.717) is 6.61 Å². The van der Waals surface area contributed by atoms with Crippen molar-refractivity contribution in [1.82, 2.24) is 9.78 Å². The number of halogens is 3. The Kier molecular flexibility index (Phi) is 4.34. The van der Waals surface area contributed by atoms with Crippen LogP contribution in [-0.4, -0.2) is 35.7 Å².